The molecular weight excluding hydrogens is 260 g/mol. The lowest BCUT2D eigenvalue weighted by molar-refractivity contribution is 0.280. The van der Waals surface area contributed by atoms with Gasteiger partial charge in [-0.05, 0) is 6.07 Å². The average Bonchev–Trinajstić information content (AvgIpc) is 2.46. The van der Waals surface area contributed by atoms with Gasteiger partial charge in [0.2, 0.25) is 0 Å². The van der Waals surface area contributed by atoms with E-state index in [1.165, 1.54) is 12.1 Å². The maximum absolute atomic E-state index is 12.3. The molecule has 0 aliphatic heterocycles. The van der Waals surface area contributed by atoms with Crippen molar-refractivity contribution in [2.75, 3.05) is 0 Å². The van der Waals surface area contributed by atoms with Crippen molar-refractivity contribution in [1.29, 1.82) is 0 Å². The molecule has 1 aromatic rings. The van der Waals surface area contributed by atoms with Crippen molar-refractivity contribution < 1.29 is 5.11 Å². The van der Waals surface area contributed by atoms with E-state index in [2.05, 4.69) is 0 Å². The lowest BCUT2D eigenvalue weighted by Crippen LogP contribution is -2.30. The zero-order valence-electron chi connectivity index (χ0n) is 10.2. The Morgan fingerprint density at radius 3 is 1.90 bits per heavy atom. The molecule has 0 heterocycles. The Bertz CT molecular complexity index is 1100. The fourth-order valence-corrected chi connectivity index (χ4v) is 2.40. The van der Waals surface area contributed by atoms with Gasteiger partial charge < -0.3 is 5.11 Å². The number of fused-ring (bicyclic) bond motifs is 1. The van der Waals surface area contributed by atoms with Gasteiger partial charge in [-0.15, -0.1) is 0 Å². The molecule has 5 nitrogen and oxygen atoms in total. The normalized spacial score (nSPS) is 11.2. The summed E-state index contributed by atoms with van der Waals surface area (Å²) in [6.07, 6.45) is 0. The molecule has 0 amide bonds. The first kappa shape index (κ1) is 12.4. The van der Waals surface area contributed by atoms with Gasteiger partial charge in [-0.25, -0.2) is 0 Å². The van der Waals surface area contributed by atoms with E-state index in [4.69, 9.17) is 5.11 Å². The lowest BCUT2D eigenvalue weighted by Gasteiger charge is -1.98. The van der Waals surface area contributed by atoms with E-state index in [-0.39, 0.29) is 16.3 Å². The van der Waals surface area contributed by atoms with Crippen LogP contribution in [0.5, 0.6) is 0 Å². The van der Waals surface area contributed by atoms with E-state index in [9.17, 15) is 19.2 Å². The van der Waals surface area contributed by atoms with Crippen LogP contribution in [0.25, 0.3) is 10.8 Å². The molecule has 0 spiro atoms. The van der Waals surface area contributed by atoms with Crippen molar-refractivity contribution in [3.8, 4) is 0 Å². The number of aliphatic hydroxyl groups is 1. The highest BCUT2D eigenvalue weighted by Gasteiger charge is 2.14. The smallest absolute Gasteiger partial charge is 0.198 e. The van der Waals surface area contributed by atoms with Crippen LogP contribution in [0.3, 0.4) is 0 Å². The second kappa shape index (κ2) is 4.18. The summed E-state index contributed by atoms with van der Waals surface area (Å²) in [5, 5.41) is 8.47. The van der Waals surface area contributed by atoms with E-state index >= 15 is 0 Å². The minimum atomic E-state index is -0.755. The summed E-state index contributed by atoms with van der Waals surface area (Å²) in [5.41, 5.74) is -2.91. The monoisotopic (exact) mass is 268 g/mol. The molecule has 0 radical (unpaired) electrons. The van der Waals surface area contributed by atoms with Gasteiger partial charge in [0.25, 0.3) is 0 Å². The fourth-order valence-electron chi connectivity index (χ4n) is 2.40. The number of hydrogen-bond donors (Lipinski definition) is 1. The summed E-state index contributed by atoms with van der Waals surface area (Å²) in [7, 11) is 0. The minimum absolute atomic E-state index is 0.108. The third-order valence-corrected chi connectivity index (χ3v) is 3.36. The minimum Gasteiger partial charge on any atom is -0.392 e. The molecule has 0 unspecified atom stereocenters. The second-order valence-electron chi connectivity index (χ2n) is 4.47. The highest BCUT2D eigenvalue weighted by molar-refractivity contribution is 5.82. The highest BCUT2D eigenvalue weighted by Crippen LogP contribution is 2.04. The van der Waals surface area contributed by atoms with E-state index in [1.54, 1.807) is 12.1 Å². The number of aliphatic hydroxyl groups excluding tert-OH is 1. The summed E-state index contributed by atoms with van der Waals surface area (Å²) in [5.74, 6) is 0. The van der Waals surface area contributed by atoms with Crippen molar-refractivity contribution in [3.63, 3.8) is 0 Å². The van der Waals surface area contributed by atoms with Gasteiger partial charge in [0.05, 0.1) is 17.0 Å². The molecule has 0 aromatic heterocycles. The van der Waals surface area contributed by atoms with Gasteiger partial charge in [-0.2, -0.15) is 0 Å². The van der Waals surface area contributed by atoms with Crippen molar-refractivity contribution >= 4 is 10.8 Å². The van der Waals surface area contributed by atoms with Gasteiger partial charge in [0.15, 0.2) is 21.7 Å². The first-order valence-electron chi connectivity index (χ1n) is 5.89. The van der Waals surface area contributed by atoms with Crippen LogP contribution in [-0.2, 0) is 6.61 Å². The van der Waals surface area contributed by atoms with Crippen LogP contribution in [0.1, 0.15) is 5.56 Å². The third-order valence-electron chi connectivity index (χ3n) is 3.36. The fraction of sp³-hybridized carbons (Fsp3) is 0.0667. The Morgan fingerprint density at radius 2 is 1.35 bits per heavy atom. The average molecular weight is 268 g/mol. The molecular formula is C15H8O5. The van der Waals surface area contributed by atoms with Crippen LogP contribution in [0.15, 0.2) is 49.5 Å². The first-order valence-corrected chi connectivity index (χ1v) is 5.89. The predicted octanol–water partition coefficient (Wildman–Crippen LogP) is -0.627. The zero-order valence-corrected chi connectivity index (χ0v) is 10.2. The maximum Gasteiger partial charge on any atom is 0.198 e. The molecule has 98 valence electrons. The molecule has 0 atom stereocenters. The molecule has 2 aliphatic rings. The number of hydrogen-bond acceptors (Lipinski definition) is 5. The van der Waals surface area contributed by atoms with Crippen LogP contribution < -0.4 is 21.7 Å². The Kier molecular flexibility index (Phi) is 2.59. The summed E-state index contributed by atoms with van der Waals surface area (Å²) >= 11 is 0. The van der Waals surface area contributed by atoms with Crippen LogP contribution in [0.4, 0.5) is 0 Å². The molecule has 0 fully saturated rings. The third kappa shape index (κ3) is 1.47. The zero-order chi connectivity index (χ0) is 14.4. The predicted molar refractivity (Wildman–Crippen MR) is 72.6 cm³/mol. The van der Waals surface area contributed by atoms with Crippen LogP contribution in [0, 0.1) is 10.4 Å². The maximum atomic E-state index is 12.3. The first-order chi connectivity index (χ1) is 9.56. The molecule has 3 rings (SSSR count). The van der Waals surface area contributed by atoms with Gasteiger partial charge >= 0.3 is 0 Å². The topological polar surface area (TPSA) is 88.5 Å². The van der Waals surface area contributed by atoms with E-state index in [0.29, 0.717) is 0 Å². The summed E-state index contributed by atoms with van der Waals surface area (Å²) in [6.45, 7) is -0.648. The standard InChI is InChI=1S/C15H8O5/c16-6-7-5-10(17)11-12(13(7)18)15(20)9-4-2-1-3-8(9)14(11)19/h1-5,16H,6H2. The molecule has 1 N–H and O–H groups in total. The number of rotatable bonds is 1. The quantitative estimate of drug-likeness (QED) is 0.635. The second-order valence-corrected chi connectivity index (χ2v) is 4.47. The van der Waals surface area contributed by atoms with Gasteiger partial charge in [0, 0.05) is 16.3 Å². The van der Waals surface area contributed by atoms with Gasteiger partial charge in [-0.1, -0.05) is 24.3 Å². The van der Waals surface area contributed by atoms with Crippen molar-refractivity contribution in [2.45, 2.75) is 6.61 Å². The highest BCUT2D eigenvalue weighted by atomic mass is 16.3. The van der Waals surface area contributed by atoms with Crippen LogP contribution in [-0.4, -0.2) is 5.11 Å². The van der Waals surface area contributed by atoms with Crippen molar-refractivity contribution in [3.05, 3.63) is 87.2 Å². The molecule has 0 saturated carbocycles. The SMILES string of the molecule is O=c1cc(CO)c(=O)c2c(=O)c3ccccc3c(=O)c1=2. The van der Waals surface area contributed by atoms with Gasteiger partial charge in [-0.3, -0.25) is 19.2 Å². The largest absolute Gasteiger partial charge is 0.392 e. The summed E-state index contributed by atoms with van der Waals surface area (Å²) in [6, 6.07) is 6.96. The summed E-state index contributed by atoms with van der Waals surface area (Å²) < 4.78 is 0. The Labute approximate surface area is 110 Å². The Hall–Kier alpha value is -2.66. The summed E-state index contributed by atoms with van der Waals surface area (Å²) in [4.78, 5) is 48.6. The molecule has 0 bridgehead atoms. The van der Waals surface area contributed by atoms with Gasteiger partial charge in [0.1, 0.15) is 0 Å². The molecule has 2 aliphatic carbocycles. The van der Waals surface area contributed by atoms with E-state index in [0.717, 1.165) is 6.07 Å². The Morgan fingerprint density at radius 1 is 0.800 bits per heavy atom. The van der Waals surface area contributed by atoms with E-state index < -0.39 is 38.8 Å². The van der Waals surface area contributed by atoms with Crippen molar-refractivity contribution in [1.82, 2.24) is 0 Å². The molecule has 1 aromatic carbocycles. The Balaban J connectivity index is 2.91. The lowest BCUT2D eigenvalue weighted by atomic mass is 10.0. The number of benzene rings is 1. The molecule has 0 saturated heterocycles. The van der Waals surface area contributed by atoms with Crippen molar-refractivity contribution in [2.24, 2.45) is 0 Å². The molecule has 5 heteroatoms. The van der Waals surface area contributed by atoms with Crippen LogP contribution >= 0.6 is 0 Å². The van der Waals surface area contributed by atoms with E-state index in [1.807, 2.05) is 0 Å². The van der Waals surface area contributed by atoms with Crippen LogP contribution in [0.2, 0.25) is 0 Å². The molecule has 20 heavy (non-hydrogen) atoms.